The van der Waals surface area contributed by atoms with Gasteiger partial charge in [0.15, 0.2) is 0 Å². The summed E-state index contributed by atoms with van der Waals surface area (Å²) in [6.45, 7) is 4.21. The van der Waals surface area contributed by atoms with E-state index in [1.807, 2.05) is 54.6 Å². The van der Waals surface area contributed by atoms with Gasteiger partial charge in [0, 0.05) is 28.5 Å². The summed E-state index contributed by atoms with van der Waals surface area (Å²) in [7, 11) is -3.85. The molecule has 0 aliphatic carbocycles. The van der Waals surface area contributed by atoms with Crippen LogP contribution in [0.15, 0.2) is 86.6 Å². The second kappa shape index (κ2) is 10.8. The van der Waals surface area contributed by atoms with Gasteiger partial charge in [0.25, 0.3) is 0 Å². The second-order valence-electron chi connectivity index (χ2n) is 8.14. The molecule has 3 aromatic carbocycles. The van der Waals surface area contributed by atoms with Crippen LogP contribution >= 0.6 is 15.9 Å². The highest BCUT2D eigenvalue weighted by molar-refractivity contribution is 9.10. The number of carbonyl (C=O) groups is 1. The van der Waals surface area contributed by atoms with Crippen molar-refractivity contribution in [2.75, 3.05) is 13.2 Å². The lowest BCUT2D eigenvalue weighted by molar-refractivity contribution is 0.0491. The number of aryl methyl sites for hydroxylation is 1. The highest BCUT2D eigenvalue weighted by Crippen LogP contribution is 2.30. The van der Waals surface area contributed by atoms with Crippen molar-refractivity contribution in [2.45, 2.75) is 31.7 Å². The minimum Gasteiger partial charge on any atom is -0.460 e. The van der Waals surface area contributed by atoms with Crippen LogP contribution in [-0.2, 0) is 27.7 Å². The summed E-state index contributed by atoms with van der Waals surface area (Å²) in [5.74, 6) is -0.476. The number of esters is 1. The summed E-state index contributed by atoms with van der Waals surface area (Å²) in [6.07, 6.45) is 0.577. The van der Waals surface area contributed by atoms with Gasteiger partial charge in [-0.1, -0.05) is 58.4 Å². The van der Waals surface area contributed by atoms with Crippen molar-refractivity contribution >= 4 is 42.9 Å². The molecule has 0 saturated heterocycles. The van der Waals surface area contributed by atoms with Crippen molar-refractivity contribution < 1.29 is 22.4 Å². The zero-order valence-electron chi connectivity index (χ0n) is 19.5. The Balaban J connectivity index is 1.70. The van der Waals surface area contributed by atoms with Crippen molar-refractivity contribution in [3.05, 3.63) is 99.7 Å². The fourth-order valence-electron chi connectivity index (χ4n) is 3.92. The monoisotopic (exact) mass is 555 g/mol. The summed E-state index contributed by atoms with van der Waals surface area (Å²) < 4.78 is 40.8. The Labute approximate surface area is 213 Å². The van der Waals surface area contributed by atoms with Crippen molar-refractivity contribution in [3.63, 3.8) is 0 Å². The second-order valence-corrected chi connectivity index (χ2v) is 11.0. The third-order valence-corrected chi connectivity index (χ3v) is 8.08. The molecule has 35 heavy (non-hydrogen) atoms. The normalized spacial score (nSPS) is 11.8. The molecule has 0 saturated carbocycles. The molecule has 0 N–H and O–H groups in total. The molecule has 0 radical (unpaired) electrons. The van der Waals surface area contributed by atoms with Crippen LogP contribution in [0.5, 0.6) is 0 Å². The van der Waals surface area contributed by atoms with Crippen LogP contribution < -0.4 is 0 Å². The van der Waals surface area contributed by atoms with E-state index in [0.29, 0.717) is 29.5 Å². The Hall–Kier alpha value is -2.94. The van der Waals surface area contributed by atoms with E-state index >= 15 is 0 Å². The number of nitrogens with zero attached hydrogens (tertiary/aromatic N) is 1. The number of ether oxygens (including phenoxy) is 1. The molecule has 4 rings (SSSR count). The fourth-order valence-corrected chi connectivity index (χ4v) is 5.82. The van der Waals surface area contributed by atoms with Crippen molar-refractivity contribution in [1.82, 2.24) is 4.31 Å². The van der Waals surface area contributed by atoms with E-state index in [4.69, 9.17) is 9.15 Å². The SMILES string of the molecule is CCOC(=O)c1oc2ccc(S(=O)(=O)N(CCc3ccccc3)Cc3cccc(Br)c3)cc2c1C. The molecular weight excluding hydrogens is 530 g/mol. The minimum atomic E-state index is -3.85. The van der Waals surface area contributed by atoms with Crippen LogP contribution in [0.1, 0.15) is 34.2 Å². The molecule has 4 aromatic rings. The van der Waals surface area contributed by atoms with E-state index < -0.39 is 16.0 Å². The molecule has 0 fully saturated rings. The predicted molar refractivity (Wildman–Crippen MR) is 139 cm³/mol. The van der Waals surface area contributed by atoms with Gasteiger partial charge in [-0.05, 0) is 61.7 Å². The Kier molecular flexibility index (Phi) is 7.74. The van der Waals surface area contributed by atoms with Crippen LogP contribution in [0, 0.1) is 6.92 Å². The topological polar surface area (TPSA) is 76.8 Å². The third kappa shape index (κ3) is 5.66. The molecule has 0 atom stereocenters. The number of fused-ring (bicyclic) bond motifs is 1. The summed E-state index contributed by atoms with van der Waals surface area (Å²) in [6, 6.07) is 22.1. The minimum absolute atomic E-state index is 0.0893. The lowest BCUT2D eigenvalue weighted by atomic mass is 10.1. The van der Waals surface area contributed by atoms with Gasteiger partial charge < -0.3 is 9.15 Å². The Morgan fingerprint density at radius 1 is 1.00 bits per heavy atom. The molecular formula is C27H26BrNO5S. The molecule has 0 amide bonds. The maximum Gasteiger partial charge on any atom is 0.374 e. The zero-order valence-corrected chi connectivity index (χ0v) is 21.9. The molecule has 0 spiro atoms. The van der Waals surface area contributed by atoms with Gasteiger partial charge in [-0.2, -0.15) is 4.31 Å². The summed E-state index contributed by atoms with van der Waals surface area (Å²) >= 11 is 3.47. The quantitative estimate of drug-likeness (QED) is 0.233. The number of hydrogen-bond donors (Lipinski definition) is 0. The molecule has 0 unspecified atom stereocenters. The van der Waals surface area contributed by atoms with Crippen LogP contribution in [0.4, 0.5) is 0 Å². The van der Waals surface area contributed by atoms with Crippen LogP contribution in [0.2, 0.25) is 0 Å². The molecule has 0 aliphatic rings. The first-order valence-corrected chi connectivity index (χ1v) is 13.5. The van der Waals surface area contributed by atoms with Gasteiger partial charge in [0.05, 0.1) is 11.5 Å². The lowest BCUT2D eigenvalue weighted by Gasteiger charge is -2.23. The number of halogens is 1. The van der Waals surface area contributed by atoms with E-state index in [-0.39, 0.29) is 23.8 Å². The lowest BCUT2D eigenvalue weighted by Crippen LogP contribution is -2.32. The number of hydrogen-bond acceptors (Lipinski definition) is 5. The standard InChI is InChI=1S/C27H26BrNO5S/c1-3-33-27(30)26-19(2)24-17-23(12-13-25(24)34-26)35(31,32)29(15-14-20-8-5-4-6-9-20)18-21-10-7-11-22(28)16-21/h4-13,16-17H,3,14-15,18H2,1-2H3. The van der Waals surface area contributed by atoms with E-state index in [2.05, 4.69) is 15.9 Å². The molecule has 0 bridgehead atoms. The number of carbonyl (C=O) groups excluding carboxylic acids is 1. The first-order chi connectivity index (χ1) is 16.8. The average Bonchev–Trinajstić information content (AvgIpc) is 3.18. The average molecular weight is 556 g/mol. The van der Waals surface area contributed by atoms with Gasteiger partial charge >= 0.3 is 5.97 Å². The maximum atomic E-state index is 13.8. The number of sulfonamides is 1. The number of furan rings is 1. The van der Waals surface area contributed by atoms with E-state index in [1.54, 1.807) is 26.0 Å². The number of benzene rings is 3. The van der Waals surface area contributed by atoms with Crippen molar-refractivity contribution in [2.24, 2.45) is 0 Å². The fraction of sp³-hybridized carbons (Fsp3) is 0.222. The van der Waals surface area contributed by atoms with Crippen LogP contribution in [0.25, 0.3) is 11.0 Å². The van der Waals surface area contributed by atoms with Gasteiger partial charge in [-0.25, -0.2) is 13.2 Å². The maximum absolute atomic E-state index is 13.8. The van der Waals surface area contributed by atoms with Gasteiger partial charge in [0.2, 0.25) is 15.8 Å². The summed E-state index contributed by atoms with van der Waals surface area (Å²) in [4.78, 5) is 12.4. The van der Waals surface area contributed by atoms with Crippen molar-refractivity contribution in [1.29, 1.82) is 0 Å². The molecule has 1 aromatic heterocycles. The highest BCUT2D eigenvalue weighted by atomic mass is 79.9. The van der Waals surface area contributed by atoms with Gasteiger partial charge in [-0.15, -0.1) is 0 Å². The predicted octanol–water partition coefficient (Wildman–Crippen LogP) is 6.11. The van der Waals surface area contributed by atoms with Gasteiger partial charge in [0.1, 0.15) is 5.58 Å². The van der Waals surface area contributed by atoms with Gasteiger partial charge in [-0.3, -0.25) is 0 Å². The van der Waals surface area contributed by atoms with Crippen molar-refractivity contribution in [3.8, 4) is 0 Å². The summed E-state index contributed by atoms with van der Waals surface area (Å²) in [5.41, 5.74) is 2.92. The Morgan fingerprint density at radius 3 is 2.46 bits per heavy atom. The molecule has 0 aliphatic heterocycles. The smallest absolute Gasteiger partial charge is 0.374 e. The largest absolute Gasteiger partial charge is 0.460 e. The van der Waals surface area contributed by atoms with Crippen LogP contribution in [-0.4, -0.2) is 31.8 Å². The summed E-state index contributed by atoms with van der Waals surface area (Å²) in [5, 5.41) is 0.569. The number of rotatable bonds is 9. The Bertz CT molecular complexity index is 1450. The van der Waals surface area contributed by atoms with E-state index in [1.165, 1.54) is 10.4 Å². The molecule has 1 heterocycles. The molecule has 6 nitrogen and oxygen atoms in total. The third-order valence-electron chi connectivity index (χ3n) is 5.75. The molecule has 8 heteroatoms. The first kappa shape index (κ1) is 25.2. The van der Waals surface area contributed by atoms with E-state index in [9.17, 15) is 13.2 Å². The van der Waals surface area contributed by atoms with Crippen LogP contribution in [0.3, 0.4) is 0 Å². The Morgan fingerprint density at radius 2 is 1.74 bits per heavy atom. The first-order valence-electron chi connectivity index (χ1n) is 11.3. The molecule has 182 valence electrons. The van der Waals surface area contributed by atoms with E-state index in [0.717, 1.165) is 15.6 Å². The zero-order chi connectivity index (χ0) is 25.0. The highest BCUT2D eigenvalue weighted by Gasteiger charge is 2.27.